The number of morpholine rings is 1. The number of nitrogens with one attached hydrogen (secondary N) is 1. The molecule has 1 amide bonds. The van der Waals surface area contributed by atoms with Crippen molar-refractivity contribution in [1.29, 1.82) is 0 Å². The minimum Gasteiger partial charge on any atom is -0.362 e. The number of carbonyl (C=O) groups excluding carboxylic acids is 1. The van der Waals surface area contributed by atoms with Crippen molar-refractivity contribution in [3.8, 4) is 0 Å². The Balaban J connectivity index is 2.16. The Bertz CT molecular complexity index is 387. The highest BCUT2D eigenvalue weighted by atomic mass is 35.5. The highest BCUT2D eigenvalue weighted by Crippen LogP contribution is 2.23. The summed E-state index contributed by atoms with van der Waals surface area (Å²) in [6.45, 7) is 0.370. The van der Waals surface area contributed by atoms with Crippen LogP contribution >= 0.6 is 11.6 Å². The third-order valence-corrected chi connectivity index (χ3v) is 2.52. The van der Waals surface area contributed by atoms with E-state index in [0.29, 0.717) is 12.1 Å². The number of halogens is 2. The maximum absolute atomic E-state index is 13.1. The quantitative estimate of drug-likeness (QED) is 0.796. The van der Waals surface area contributed by atoms with Gasteiger partial charge in [0.2, 0.25) is 5.91 Å². The van der Waals surface area contributed by atoms with E-state index in [1.807, 2.05) is 0 Å². The average Bonchev–Trinajstić information content (AvgIpc) is 2.23. The first-order valence-electron chi connectivity index (χ1n) is 4.50. The number of amides is 1. The molecule has 1 heterocycles. The minimum atomic E-state index is -0.477. The van der Waals surface area contributed by atoms with E-state index < -0.39 is 5.82 Å². The van der Waals surface area contributed by atoms with Gasteiger partial charge in [-0.05, 0) is 17.7 Å². The molecule has 1 unspecified atom stereocenters. The molecule has 1 fully saturated rings. The molecule has 1 aromatic rings. The lowest BCUT2D eigenvalue weighted by Gasteiger charge is -2.23. The van der Waals surface area contributed by atoms with Gasteiger partial charge in [0.05, 0.1) is 5.02 Å². The smallest absolute Gasteiger partial charge is 0.246 e. The number of benzene rings is 1. The first-order valence-corrected chi connectivity index (χ1v) is 4.88. The zero-order chi connectivity index (χ0) is 10.8. The molecular formula is C10H9ClFNO2. The summed E-state index contributed by atoms with van der Waals surface area (Å²) in [4.78, 5) is 10.8. The summed E-state index contributed by atoms with van der Waals surface area (Å²) in [7, 11) is 0. The number of hydrogen-bond donors (Lipinski definition) is 1. The van der Waals surface area contributed by atoms with Crippen LogP contribution < -0.4 is 5.32 Å². The van der Waals surface area contributed by atoms with Gasteiger partial charge in [0, 0.05) is 6.54 Å². The van der Waals surface area contributed by atoms with Crippen molar-refractivity contribution in [1.82, 2.24) is 5.32 Å². The molecule has 0 saturated carbocycles. The van der Waals surface area contributed by atoms with Gasteiger partial charge in [-0.25, -0.2) is 4.39 Å². The Morgan fingerprint density at radius 2 is 2.33 bits per heavy atom. The fourth-order valence-electron chi connectivity index (χ4n) is 1.42. The Morgan fingerprint density at radius 3 is 2.93 bits per heavy atom. The Morgan fingerprint density at radius 1 is 1.53 bits per heavy atom. The predicted octanol–water partition coefficient (Wildman–Crippen LogP) is 1.67. The molecule has 1 aliphatic rings. The largest absolute Gasteiger partial charge is 0.362 e. The monoisotopic (exact) mass is 229 g/mol. The molecule has 2 rings (SSSR count). The molecule has 0 radical (unpaired) electrons. The first kappa shape index (κ1) is 10.4. The molecule has 0 spiro atoms. The normalized spacial score (nSPS) is 21.2. The molecule has 0 bridgehead atoms. The summed E-state index contributed by atoms with van der Waals surface area (Å²) in [6.07, 6.45) is -0.297. The van der Waals surface area contributed by atoms with Gasteiger partial charge in [-0.3, -0.25) is 4.79 Å². The van der Waals surface area contributed by atoms with Gasteiger partial charge in [0.25, 0.3) is 0 Å². The van der Waals surface area contributed by atoms with Crippen LogP contribution in [0, 0.1) is 5.82 Å². The van der Waals surface area contributed by atoms with E-state index >= 15 is 0 Å². The topological polar surface area (TPSA) is 38.3 Å². The average molecular weight is 230 g/mol. The molecule has 1 aromatic carbocycles. The summed E-state index contributed by atoms with van der Waals surface area (Å²) < 4.78 is 18.4. The van der Waals surface area contributed by atoms with Crippen molar-refractivity contribution in [3.05, 3.63) is 34.6 Å². The van der Waals surface area contributed by atoms with Crippen LogP contribution in [0.4, 0.5) is 4.39 Å². The van der Waals surface area contributed by atoms with Crippen LogP contribution in [-0.2, 0) is 9.53 Å². The van der Waals surface area contributed by atoms with Crippen molar-refractivity contribution in [2.24, 2.45) is 0 Å². The van der Waals surface area contributed by atoms with Crippen molar-refractivity contribution in [2.75, 3.05) is 13.2 Å². The lowest BCUT2D eigenvalue weighted by atomic mass is 10.1. The third kappa shape index (κ3) is 2.27. The van der Waals surface area contributed by atoms with Gasteiger partial charge in [-0.1, -0.05) is 17.7 Å². The van der Waals surface area contributed by atoms with Crippen LogP contribution in [0.15, 0.2) is 18.2 Å². The summed E-state index contributed by atoms with van der Waals surface area (Å²) in [5.74, 6) is -0.629. The van der Waals surface area contributed by atoms with Crippen molar-refractivity contribution < 1.29 is 13.9 Å². The summed E-state index contributed by atoms with van der Waals surface area (Å²) in [5.41, 5.74) is 0.678. The van der Waals surface area contributed by atoms with Crippen LogP contribution in [0.3, 0.4) is 0 Å². The van der Waals surface area contributed by atoms with Gasteiger partial charge in [-0.15, -0.1) is 0 Å². The van der Waals surface area contributed by atoms with Crippen molar-refractivity contribution in [3.63, 3.8) is 0 Å². The van der Waals surface area contributed by atoms with E-state index in [0.717, 1.165) is 0 Å². The van der Waals surface area contributed by atoms with Gasteiger partial charge in [-0.2, -0.15) is 0 Å². The molecule has 1 saturated heterocycles. The first-order chi connectivity index (χ1) is 7.16. The van der Waals surface area contributed by atoms with E-state index in [1.54, 1.807) is 6.07 Å². The highest BCUT2D eigenvalue weighted by Gasteiger charge is 2.20. The molecule has 80 valence electrons. The maximum atomic E-state index is 13.1. The predicted molar refractivity (Wildman–Crippen MR) is 53.1 cm³/mol. The number of carbonyl (C=O) groups is 1. The summed E-state index contributed by atoms with van der Waals surface area (Å²) in [5, 5.41) is 2.73. The van der Waals surface area contributed by atoms with Crippen molar-refractivity contribution >= 4 is 17.5 Å². The van der Waals surface area contributed by atoms with Gasteiger partial charge >= 0.3 is 0 Å². The standard InChI is InChI=1S/C10H9ClFNO2/c11-7-2-1-6(3-8(7)12)9-4-13-10(14)5-15-9/h1-3,9H,4-5H2,(H,13,14). The Hall–Kier alpha value is -1.13. The van der Waals surface area contributed by atoms with E-state index in [4.69, 9.17) is 16.3 Å². The second kappa shape index (κ2) is 4.16. The van der Waals surface area contributed by atoms with Gasteiger partial charge in [0.1, 0.15) is 18.5 Å². The Kier molecular flexibility index (Phi) is 2.88. The number of hydrogen-bond acceptors (Lipinski definition) is 2. The lowest BCUT2D eigenvalue weighted by Crippen LogP contribution is -2.38. The van der Waals surface area contributed by atoms with Crippen LogP contribution in [0.5, 0.6) is 0 Å². The second-order valence-corrected chi connectivity index (χ2v) is 3.68. The summed E-state index contributed by atoms with van der Waals surface area (Å²) in [6, 6.07) is 4.49. The molecule has 1 atom stereocenters. The fraction of sp³-hybridized carbons (Fsp3) is 0.300. The van der Waals surface area contributed by atoms with Crippen LogP contribution in [-0.4, -0.2) is 19.1 Å². The van der Waals surface area contributed by atoms with Crippen LogP contribution in [0.2, 0.25) is 5.02 Å². The zero-order valence-corrected chi connectivity index (χ0v) is 8.55. The minimum absolute atomic E-state index is 0.00884. The van der Waals surface area contributed by atoms with E-state index in [9.17, 15) is 9.18 Å². The van der Waals surface area contributed by atoms with Gasteiger partial charge in [0.15, 0.2) is 0 Å². The molecular weight excluding hydrogens is 221 g/mol. The van der Waals surface area contributed by atoms with Crippen LogP contribution in [0.1, 0.15) is 11.7 Å². The van der Waals surface area contributed by atoms with E-state index in [1.165, 1.54) is 12.1 Å². The van der Waals surface area contributed by atoms with Crippen LogP contribution in [0.25, 0.3) is 0 Å². The van der Waals surface area contributed by atoms with Crippen molar-refractivity contribution in [2.45, 2.75) is 6.10 Å². The molecule has 1 aliphatic heterocycles. The van der Waals surface area contributed by atoms with Gasteiger partial charge < -0.3 is 10.1 Å². The number of rotatable bonds is 1. The molecule has 5 heteroatoms. The van der Waals surface area contributed by atoms with E-state index in [-0.39, 0.29) is 23.6 Å². The highest BCUT2D eigenvalue weighted by molar-refractivity contribution is 6.30. The molecule has 0 aromatic heterocycles. The summed E-state index contributed by atoms with van der Waals surface area (Å²) >= 11 is 5.56. The van der Waals surface area contributed by atoms with E-state index in [2.05, 4.69) is 5.32 Å². The second-order valence-electron chi connectivity index (χ2n) is 3.28. The lowest BCUT2D eigenvalue weighted by molar-refractivity contribution is -0.133. The molecule has 3 nitrogen and oxygen atoms in total. The Labute approximate surface area is 91.2 Å². The zero-order valence-electron chi connectivity index (χ0n) is 7.80. The molecule has 1 N–H and O–H groups in total. The molecule has 0 aliphatic carbocycles. The number of ether oxygens (including phenoxy) is 1. The third-order valence-electron chi connectivity index (χ3n) is 2.22. The maximum Gasteiger partial charge on any atom is 0.246 e. The fourth-order valence-corrected chi connectivity index (χ4v) is 1.54. The molecule has 15 heavy (non-hydrogen) atoms. The SMILES string of the molecule is O=C1COC(c2ccc(Cl)c(F)c2)CN1.